The van der Waals surface area contributed by atoms with E-state index in [-0.39, 0.29) is 4.75 Å². The summed E-state index contributed by atoms with van der Waals surface area (Å²) in [6, 6.07) is 27.5. The maximum absolute atomic E-state index is 5.40. The molecule has 0 saturated carbocycles. The zero-order chi connectivity index (χ0) is 20.7. The van der Waals surface area contributed by atoms with Crippen LogP contribution in [0.15, 0.2) is 78.9 Å². The van der Waals surface area contributed by atoms with Gasteiger partial charge in [0, 0.05) is 11.0 Å². The third-order valence-corrected chi connectivity index (χ3v) is 7.64. The highest BCUT2D eigenvalue weighted by Crippen LogP contribution is 2.49. The molecule has 3 rings (SSSR count). The van der Waals surface area contributed by atoms with Gasteiger partial charge in [-0.3, -0.25) is 0 Å². The molecular weight excluding hydrogens is 396 g/mol. The fourth-order valence-electron chi connectivity index (χ4n) is 3.41. The van der Waals surface area contributed by atoms with Crippen LogP contribution in [0.5, 0.6) is 11.5 Å². The van der Waals surface area contributed by atoms with Crippen molar-refractivity contribution in [3.05, 3.63) is 95.6 Å². The number of methoxy groups -OCH3 is 2. The molecule has 0 aromatic heterocycles. The molecule has 0 aliphatic heterocycles. The van der Waals surface area contributed by atoms with Gasteiger partial charge in [0.25, 0.3) is 0 Å². The van der Waals surface area contributed by atoms with Gasteiger partial charge >= 0.3 is 0 Å². The predicted molar refractivity (Wildman–Crippen MR) is 128 cm³/mol. The van der Waals surface area contributed by atoms with Crippen LogP contribution in [0.1, 0.15) is 30.0 Å². The molecule has 0 N–H and O–H groups in total. The van der Waals surface area contributed by atoms with E-state index >= 15 is 0 Å². The first-order valence-electron chi connectivity index (χ1n) is 9.80. The maximum atomic E-state index is 5.40. The average Bonchev–Trinajstić information content (AvgIpc) is 2.80. The Morgan fingerprint density at radius 3 is 1.62 bits per heavy atom. The van der Waals surface area contributed by atoms with Gasteiger partial charge in [-0.05, 0) is 47.4 Å². The third kappa shape index (κ3) is 4.76. The molecule has 1 unspecified atom stereocenters. The first kappa shape index (κ1) is 21.7. The highest BCUT2D eigenvalue weighted by atomic mass is 32.2. The van der Waals surface area contributed by atoms with Crippen LogP contribution in [0, 0.1) is 0 Å². The molecule has 3 aromatic carbocycles. The minimum absolute atomic E-state index is 0.333. The molecule has 0 bridgehead atoms. The molecule has 0 aliphatic rings. The second kappa shape index (κ2) is 10.1. The molecule has 0 amide bonds. The van der Waals surface area contributed by atoms with Crippen LogP contribution in [-0.2, 0) is 4.75 Å². The van der Waals surface area contributed by atoms with Crippen molar-refractivity contribution in [2.75, 3.05) is 20.0 Å². The molecule has 0 heterocycles. The molecule has 0 spiro atoms. The van der Waals surface area contributed by atoms with E-state index in [1.54, 1.807) is 14.2 Å². The average molecular weight is 425 g/mol. The number of hydrogen-bond donors (Lipinski definition) is 1. The zero-order valence-corrected chi connectivity index (χ0v) is 18.9. The van der Waals surface area contributed by atoms with Crippen LogP contribution < -0.4 is 9.47 Å². The number of hydrogen-bond acceptors (Lipinski definition) is 4. The molecule has 152 valence electrons. The number of rotatable bonds is 9. The summed E-state index contributed by atoms with van der Waals surface area (Å²) in [6.07, 6.45) is 1.03. The third-order valence-electron chi connectivity index (χ3n) is 5.14. The largest absolute Gasteiger partial charge is 0.497 e. The van der Waals surface area contributed by atoms with E-state index in [0.717, 1.165) is 23.7 Å². The lowest BCUT2D eigenvalue weighted by atomic mass is 9.84. The van der Waals surface area contributed by atoms with Crippen molar-refractivity contribution in [3.8, 4) is 11.5 Å². The Morgan fingerprint density at radius 2 is 1.21 bits per heavy atom. The fraction of sp³-hybridized carbons (Fsp3) is 0.280. The Hall–Kier alpha value is -2.04. The van der Waals surface area contributed by atoms with E-state index in [4.69, 9.17) is 22.1 Å². The smallest absolute Gasteiger partial charge is 0.118 e. The summed E-state index contributed by atoms with van der Waals surface area (Å²) in [6.45, 7) is 2.18. The van der Waals surface area contributed by atoms with Crippen LogP contribution >= 0.6 is 24.4 Å². The fourth-order valence-corrected chi connectivity index (χ4v) is 5.22. The van der Waals surface area contributed by atoms with E-state index in [1.165, 1.54) is 16.7 Å². The molecule has 2 nitrogen and oxygen atoms in total. The van der Waals surface area contributed by atoms with Crippen molar-refractivity contribution in [1.29, 1.82) is 0 Å². The molecule has 4 heteroatoms. The second-order valence-corrected chi connectivity index (χ2v) is 8.84. The van der Waals surface area contributed by atoms with Crippen molar-refractivity contribution >= 4 is 24.4 Å². The topological polar surface area (TPSA) is 18.5 Å². The Kier molecular flexibility index (Phi) is 7.57. The van der Waals surface area contributed by atoms with Gasteiger partial charge in [-0.2, -0.15) is 12.6 Å². The summed E-state index contributed by atoms with van der Waals surface area (Å²) in [5, 5.41) is 0.333. The normalized spacial score (nSPS) is 12.4. The van der Waals surface area contributed by atoms with Gasteiger partial charge in [0.05, 0.1) is 19.0 Å². The lowest BCUT2D eigenvalue weighted by Crippen LogP contribution is -2.27. The van der Waals surface area contributed by atoms with Crippen LogP contribution in [0.3, 0.4) is 0 Å². The predicted octanol–water partition coefficient (Wildman–Crippen LogP) is 6.44. The number of thiol groups is 1. The van der Waals surface area contributed by atoms with Crippen LogP contribution in [-0.4, -0.2) is 25.2 Å². The van der Waals surface area contributed by atoms with Crippen LogP contribution in [0.2, 0.25) is 0 Å². The van der Waals surface area contributed by atoms with Crippen LogP contribution in [0.25, 0.3) is 0 Å². The lowest BCUT2D eigenvalue weighted by Gasteiger charge is -2.36. The minimum atomic E-state index is -0.351. The number of benzene rings is 3. The van der Waals surface area contributed by atoms with Gasteiger partial charge in [0.2, 0.25) is 0 Å². The first-order chi connectivity index (χ1) is 14.1. The zero-order valence-electron chi connectivity index (χ0n) is 17.2. The summed E-state index contributed by atoms with van der Waals surface area (Å²) in [5.74, 6) is 2.65. The van der Waals surface area contributed by atoms with Crippen LogP contribution in [0.4, 0.5) is 0 Å². The van der Waals surface area contributed by atoms with Crippen molar-refractivity contribution in [3.63, 3.8) is 0 Å². The maximum Gasteiger partial charge on any atom is 0.118 e. The number of thioether (sulfide) groups is 1. The summed E-state index contributed by atoms with van der Waals surface area (Å²) in [4.78, 5) is 0. The van der Waals surface area contributed by atoms with E-state index in [1.807, 2.05) is 36.0 Å². The molecule has 0 aliphatic carbocycles. The van der Waals surface area contributed by atoms with Crippen molar-refractivity contribution in [2.45, 2.75) is 23.3 Å². The Labute approximate surface area is 184 Å². The molecule has 0 radical (unpaired) electrons. The molecule has 1 atom stereocenters. The molecule has 3 aromatic rings. The van der Waals surface area contributed by atoms with Gasteiger partial charge in [0.15, 0.2) is 0 Å². The SMILES string of the molecule is CCC(S)CSC(c1ccccc1)(c1ccc(OC)cc1)c1ccc(OC)cc1. The van der Waals surface area contributed by atoms with Crippen molar-refractivity contribution < 1.29 is 9.47 Å². The van der Waals surface area contributed by atoms with E-state index in [0.29, 0.717) is 5.25 Å². The van der Waals surface area contributed by atoms with Gasteiger partial charge in [-0.1, -0.05) is 61.5 Å². The summed E-state index contributed by atoms with van der Waals surface area (Å²) < 4.78 is 10.5. The first-order valence-corrected chi connectivity index (χ1v) is 11.3. The monoisotopic (exact) mass is 424 g/mol. The molecular formula is C25H28O2S2. The number of ether oxygens (including phenoxy) is 2. The van der Waals surface area contributed by atoms with E-state index in [9.17, 15) is 0 Å². The highest BCUT2D eigenvalue weighted by molar-refractivity contribution is 8.01. The molecule has 29 heavy (non-hydrogen) atoms. The minimum Gasteiger partial charge on any atom is -0.497 e. The molecule has 0 fully saturated rings. The quantitative estimate of drug-likeness (QED) is 0.315. The Balaban J connectivity index is 2.21. The van der Waals surface area contributed by atoms with Crippen molar-refractivity contribution in [2.24, 2.45) is 0 Å². The highest BCUT2D eigenvalue weighted by Gasteiger charge is 2.37. The summed E-state index contributed by atoms with van der Waals surface area (Å²) in [7, 11) is 3.40. The molecule has 0 saturated heterocycles. The van der Waals surface area contributed by atoms with Crippen molar-refractivity contribution in [1.82, 2.24) is 0 Å². The van der Waals surface area contributed by atoms with E-state index in [2.05, 4.69) is 61.5 Å². The van der Waals surface area contributed by atoms with Gasteiger partial charge < -0.3 is 9.47 Å². The summed E-state index contributed by atoms with van der Waals surface area (Å²) >= 11 is 6.71. The Morgan fingerprint density at radius 1 is 0.759 bits per heavy atom. The lowest BCUT2D eigenvalue weighted by molar-refractivity contribution is 0.414. The Bertz CT molecular complexity index is 829. The van der Waals surface area contributed by atoms with Gasteiger partial charge in [0.1, 0.15) is 11.5 Å². The van der Waals surface area contributed by atoms with E-state index < -0.39 is 0 Å². The van der Waals surface area contributed by atoms with Gasteiger partial charge in [-0.15, -0.1) is 11.8 Å². The standard InChI is InChI=1S/C25H28O2S2/c1-4-24(28)18-29-25(19-8-6-5-7-9-19,20-10-14-22(26-2)15-11-20)21-12-16-23(27-3)17-13-21/h5-17,24,28H,4,18H2,1-3H3. The second-order valence-electron chi connectivity index (χ2n) is 6.88. The van der Waals surface area contributed by atoms with Gasteiger partial charge in [-0.25, -0.2) is 0 Å². The summed E-state index contributed by atoms with van der Waals surface area (Å²) in [5.41, 5.74) is 3.68.